The number of fused-ring (bicyclic) bond motifs is 14. The fourth-order valence-electron chi connectivity index (χ4n) is 10.2. The van der Waals surface area contributed by atoms with Crippen LogP contribution in [0, 0.1) is 24.7 Å². The minimum Gasteiger partial charge on any atom is -0.474 e. The lowest BCUT2D eigenvalue weighted by molar-refractivity contribution is -0.131. The molecule has 0 saturated heterocycles. The standard InChI is InChI=1S/C57H56N14O10S6/c1-24(2)40-57-71-43(37(87-57)19-80-5)49(78)60-17-39(73)68-44(45(74)26-10-7-6-8-11-26)56-67-36(23-85-56)54-64-33(20-83-54)42-29(52-65-34(21-82-52)48(77)62-31(16-38(72)59-4)55-70-41(25(3)86-55)50(79)69-40)14-15-30(61-42)53-66-35(22-84-53)51-63-32(18-81-51)46(75)27-12-9-13-28(27)47(58)76/h6-8,10-11,14-15,20-24,27-28,31-32,40,44-45,74H,9,12-13,16-19H2,1-5H3,(H2,58,76)(H,59,72)(H,60,78)(H,62,77)(H,68,73)(H,69,79)/t27?,28-,31+,32+,40+,44+,45?/m1/s1/i17+1,29+1,30+1,32+1,33+1,34+1,35+1,36+1,41+1,43+1. The van der Waals surface area contributed by atoms with Crippen LogP contribution in [0.25, 0.3) is 43.4 Å². The number of nitrogens with one attached hydrogen (secondary N) is 5. The Morgan fingerprint density at radius 2 is 1.43 bits per heavy atom. The molecule has 9 heterocycles. The van der Waals surface area contributed by atoms with Crippen molar-refractivity contribution in [2.45, 2.75) is 83.3 Å². The fraction of sp³-hybridized carbons (Fsp3) is 0.351. The number of benzene rings is 1. The number of aromatic nitrogens is 7. The zero-order valence-corrected chi connectivity index (χ0v) is 52.0. The van der Waals surface area contributed by atoms with Gasteiger partial charge in [0.15, 0.2) is 5.78 Å². The molecule has 1 fully saturated rings. The molecule has 8 aromatic rings. The number of aliphatic hydroxyl groups is 1. The van der Waals surface area contributed by atoms with Gasteiger partial charge in [0.1, 0.15) is 94.7 Å². The van der Waals surface area contributed by atoms with Gasteiger partial charge in [-0.05, 0) is 43.4 Å². The number of pyridine rings is 1. The molecule has 30 heteroatoms. The number of carbonyl (C=O) groups excluding carboxylic acids is 7. The molecule has 8 N–H and O–H groups in total. The average molecular weight is 1300 g/mol. The predicted molar refractivity (Wildman–Crippen MR) is 328 cm³/mol. The first-order valence-electron chi connectivity index (χ1n) is 27.4. The zero-order valence-electron chi connectivity index (χ0n) is 47.1. The number of thiazole rings is 6. The van der Waals surface area contributed by atoms with Gasteiger partial charge in [-0.2, -0.15) is 0 Å². The molecule has 7 aromatic heterocycles. The molecular weight excluding hydrogens is 1240 g/mol. The monoisotopic (exact) mass is 1300 g/mol. The summed E-state index contributed by atoms with van der Waals surface area (Å²) in [4.78, 5) is 135. The van der Waals surface area contributed by atoms with Gasteiger partial charge in [0.25, 0.3) is 17.7 Å². The number of hydrogen-bond acceptors (Lipinski definition) is 24. The number of hydrogen-bond donors (Lipinski definition) is 7. The summed E-state index contributed by atoms with van der Waals surface area (Å²) >= 11 is 7.22. The molecule has 1 saturated carbocycles. The van der Waals surface area contributed by atoms with E-state index in [0.717, 1.165) is 17.8 Å². The summed E-state index contributed by atoms with van der Waals surface area (Å²) in [6.45, 7) is 4.96. The summed E-state index contributed by atoms with van der Waals surface area (Å²) in [5.41, 5.74) is 8.75. The molecule has 10 bridgehead atoms. The third-order valence-corrected chi connectivity index (χ3v) is 20.4. The van der Waals surface area contributed by atoms with E-state index in [1.807, 2.05) is 13.8 Å². The lowest BCUT2D eigenvalue weighted by Crippen LogP contribution is -2.40. The van der Waals surface area contributed by atoms with Gasteiger partial charge in [-0.3, -0.25) is 33.6 Å². The number of methoxy groups -OCH3 is 1. The minimum atomic E-state index is -1.28. The zero-order chi connectivity index (χ0) is 61.2. The van der Waals surface area contributed by atoms with E-state index in [-0.39, 0.29) is 59.3 Å². The molecule has 7 atom stereocenters. The van der Waals surface area contributed by atoms with Crippen molar-refractivity contribution >= 4 is 115 Å². The van der Waals surface area contributed by atoms with Crippen LogP contribution in [0.4, 0.5) is 0 Å². The van der Waals surface area contributed by atoms with Crippen molar-refractivity contribution < 1.29 is 48.1 Å². The Balaban J connectivity index is 0.970. The van der Waals surface area contributed by atoms with Gasteiger partial charge in [-0.15, -0.1) is 68.0 Å². The number of nitrogens with zero attached hydrogens (tertiary/aromatic N) is 8. The topological polar surface area (TPSA) is 347 Å². The molecule has 24 nitrogen and oxygen atoms in total. The maximum atomic E-state index is 14.4. The highest BCUT2D eigenvalue weighted by Gasteiger charge is 2.42. The van der Waals surface area contributed by atoms with Gasteiger partial charge < -0.3 is 46.9 Å². The van der Waals surface area contributed by atoms with Gasteiger partial charge in [0, 0.05) is 58.0 Å². The van der Waals surface area contributed by atoms with Crippen molar-refractivity contribution in [3.8, 4) is 43.4 Å². The van der Waals surface area contributed by atoms with E-state index >= 15 is 0 Å². The van der Waals surface area contributed by atoms with E-state index in [1.165, 1.54) is 70.8 Å². The second-order valence-electron chi connectivity index (χ2n) is 20.9. The highest BCUT2D eigenvalue weighted by atomic mass is 32.1. The molecule has 11 rings (SSSR count). The van der Waals surface area contributed by atoms with E-state index in [4.69, 9.17) is 50.1 Å². The highest BCUT2D eigenvalue weighted by Crippen LogP contribution is 2.41. The van der Waals surface area contributed by atoms with Crippen molar-refractivity contribution in [1.82, 2.24) is 61.5 Å². The molecule has 87 heavy (non-hydrogen) atoms. The summed E-state index contributed by atoms with van der Waals surface area (Å²) in [6.07, 6.45) is 0.337. The van der Waals surface area contributed by atoms with Crippen molar-refractivity contribution in [2.24, 2.45) is 28.5 Å². The summed E-state index contributed by atoms with van der Waals surface area (Å²) in [5, 5.41) is 35.3. The van der Waals surface area contributed by atoms with Crippen molar-refractivity contribution in [3.63, 3.8) is 0 Å². The summed E-state index contributed by atoms with van der Waals surface area (Å²) in [6, 6.07) is 8.71. The molecule has 3 aliphatic rings. The SMILES string of the molecule is CNC(=O)C[C@@H]1NC(=O)[13c]2csc(n2)-[13c]2cc[13c](-c3n[13c](C4=N[13C@H](C(=O)C5CCC[C@H]5C(N)=O)CO4)cs3)nc2-[13c]2csc(n2)-[13c]2csc(n2)[C@H](C(O)c2ccccc2)NC(=O)[13CH2]NC(=O)[13c]2nc(sc2COC)[C@H](C(C)C)NC(=O)[13c]2nc1sc2C. The number of aliphatic hydroxyl groups excluding tert-OH is 1. The highest BCUT2D eigenvalue weighted by molar-refractivity contribution is 7.15. The molecule has 450 valence electrons. The number of Topliss-reactive ketones (excluding diaryl/α,β-unsaturated/α-hetero) is 1. The van der Waals surface area contributed by atoms with Crippen LogP contribution in [-0.2, 0) is 35.3 Å². The van der Waals surface area contributed by atoms with Crippen LogP contribution < -0.4 is 32.3 Å². The number of primary amides is 1. The second-order valence-corrected chi connectivity index (χ2v) is 26.7. The first kappa shape index (κ1) is 60.7. The number of ether oxygens (including phenoxy) is 2. The Morgan fingerprint density at radius 1 is 0.724 bits per heavy atom. The molecule has 1 aliphatic carbocycles. The summed E-state index contributed by atoms with van der Waals surface area (Å²) in [5.74, 6) is -4.68. The number of rotatable bonds is 12. The van der Waals surface area contributed by atoms with E-state index < -0.39 is 84.1 Å². The summed E-state index contributed by atoms with van der Waals surface area (Å²) < 4.78 is 11.4. The maximum Gasteiger partial charge on any atom is 0.271 e. The molecule has 1 aromatic carbocycles. The number of amides is 6. The van der Waals surface area contributed by atoms with E-state index in [9.17, 15) is 38.7 Å². The fourth-order valence-corrected chi connectivity index (χ4v) is 15.8. The van der Waals surface area contributed by atoms with Gasteiger partial charge in [0.05, 0.1) is 42.2 Å². The first-order valence-corrected chi connectivity index (χ1v) is 32.6. The van der Waals surface area contributed by atoms with Crippen LogP contribution in [0.5, 0.6) is 0 Å². The number of carbonyl (C=O) groups is 7. The summed E-state index contributed by atoms with van der Waals surface area (Å²) in [7, 11) is 2.94. The molecule has 6 amide bonds. The third-order valence-electron chi connectivity index (χ3n) is 14.7. The number of nitrogens with two attached hydrogens (primary N) is 1. The van der Waals surface area contributed by atoms with Crippen LogP contribution in [0.2, 0.25) is 0 Å². The molecular formula is C57H56N14O10S6. The van der Waals surface area contributed by atoms with Crippen LogP contribution in [-0.4, -0.2) is 120 Å². The molecule has 2 unspecified atom stereocenters. The van der Waals surface area contributed by atoms with E-state index in [0.29, 0.717) is 87.2 Å². The molecule has 0 radical (unpaired) electrons. The normalized spacial score (nSPS) is 20.4. The lowest BCUT2D eigenvalue weighted by Gasteiger charge is -2.23. The largest absolute Gasteiger partial charge is 0.474 e. The van der Waals surface area contributed by atoms with E-state index in [1.54, 1.807) is 70.9 Å². The van der Waals surface area contributed by atoms with Crippen molar-refractivity contribution in [3.05, 3.63) is 117 Å². The number of ketones is 1. The smallest absolute Gasteiger partial charge is 0.271 e. The maximum absolute atomic E-state index is 14.4. The Morgan fingerprint density at radius 3 is 2.18 bits per heavy atom. The Bertz CT molecular complexity index is 3980. The molecule has 2 aliphatic heterocycles. The van der Waals surface area contributed by atoms with Crippen LogP contribution in [0.1, 0.15) is 131 Å². The lowest BCUT2D eigenvalue weighted by atomic mass is 9.93. The van der Waals surface area contributed by atoms with Crippen LogP contribution >= 0.6 is 68.0 Å². The predicted octanol–water partition coefficient (Wildman–Crippen LogP) is 6.93. The van der Waals surface area contributed by atoms with Crippen molar-refractivity contribution in [2.75, 3.05) is 27.3 Å². The first-order chi connectivity index (χ1) is 41.9. The quantitative estimate of drug-likeness (QED) is 0.0610. The van der Waals surface area contributed by atoms with Crippen molar-refractivity contribution in [1.29, 1.82) is 0 Å². The number of aryl methyl sites for hydroxylation is 1. The van der Waals surface area contributed by atoms with Gasteiger partial charge in [-0.25, -0.2) is 39.9 Å². The van der Waals surface area contributed by atoms with E-state index in [2.05, 4.69) is 31.6 Å². The Kier molecular flexibility index (Phi) is 18.3. The average Bonchev–Trinajstić information content (AvgIpc) is 2.59. The Labute approximate surface area is 521 Å². The third kappa shape index (κ3) is 13.0. The molecule has 0 spiro atoms. The van der Waals surface area contributed by atoms with Crippen LogP contribution in [0.15, 0.2) is 69.0 Å². The van der Waals surface area contributed by atoms with Gasteiger partial charge in [0.2, 0.25) is 23.6 Å². The second kappa shape index (κ2) is 26.2. The number of aliphatic imine (C=N–C) groups is 1. The van der Waals surface area contributed by atoms with Gasteiger partial charge in [-0.1, -0.05) is 50.6 Å². The minimum absolute atomic E-state index is 0.000160. The van der Waals surface area contributed by atoms with Crippen LogP contribution in [0.3, 0.4) is 0 Å². The van der Waals surface area contributed by atoms with Gasteiger partial charge >= 0.3 is 0 Å². The Hall–Kier alpha value is -7.97.